The lowest BCUT2D eigenvalue weighted by Crippen LogP contribution is -2.33. The first-order chi connectivity index (χ1) is 13.6. The molecule has 1 aliphatic rings. The lowest BCUT2D eigenvalue weighted by atomic mass is 10.2. The Balaban J connectivity index is 1.91. The summed E-state index contributed by atoms with van der Waals surface area (Å²) >= 11 is 2.97. The normalized spacial score (nSPS) is 14.9. The molecular weight excluding hydrogens is 480 g/mol. The zero-order chi connectivity index (χ0) is 21.3. The molecule has 29 heavy (non-hydrogen) atoms. The fourth-order valence-corrected chi connectivity index (χ4v) is 4.95. The molecule has 0 spiro atoms. The van der Waals surface area contributed by atoms with Gasteiger partial charge in [0.05, 0.1) is 5.56 Å². The average molecular weight is 495 g/mol. The van der Waals surface area contributed by atoms with Crippen LogP contribution in [0, 0.1) is 23.3 Å². The number of sulfonamides is 1. The summed E-state index contributed by atoms with van der Waals surface area (Å²) in [7, 11) is -4.23. The Kier molecular flexibility index (Phi) is 6.30. The van der Waals surface area contributed by atoms with E-state index in [1.807, 2.05) is 0 Å². The Hall–Kier alpha value is -1.98. The Morgan fingerprint density at radius 1 is 0.966 bits per heavy atom. The summed E-state index contributed by atoms with van der Waals surface area (Å²) in [6.07, 6.45) is 2.97. The van der Waals surface area contributed by atoms with Crippen LogP contribution in [-0.4, -0.2) is 20.4 Å². The van der Waals surface area contributed by atoms with E-state index in [1.165, 1.54) is 0 Å². The van der Waals surface area contributed by atoms with Gasteiger partial charge in [-0.05, 0) is 40.9 Å². The maximum Gasteiger partial charge on any atom is 0.256 e. The van der Waals surface area contributed by atoms with Gasteiger partial charge in [-0.15, -0.1) is 0 Å². The molecule has 0 unspecified atom stereocenters. The molecule has 2 aromatic carbocycles. The van der Waals surface area contributed by atoms with E-state index >= 15 is 0 Å². The van der Waals surface area contributed by atoms with Gasteiger partial charge in [-0.1, -0.05) is 12.8 Å². The standard InChI is InChI=1S/C18H15BrF4N2O3S/c19-12-8-13(20)16(29(27,28)25-9-3-1-2-4-9)7-11(12)18(26)24-10-5-14(21)17(23)15(22)6-10/h5-9,25H,1-4H2,(H,24,26). The third kappa shape index (κ3) is 4.78. The number of hydrogen-bond donors (Lipinski definition) is 2. The van der Waals surface area contributed by atoms with E-state index < -0.39 is 49.8 Å². The van der Waals surface area contributed by atoms with Gasteiger partial charge in [0.25, 0.3) is 5.91 Å². The van der Waals surface area contributed by atoms with Crippen molar-refractivity contribution in [3.05, 3.63) is 57.6 Å². The SMILES string of the molecule is O=C(Nc1cc(F)c(F)c(F)c1)c1cc(S(=O)(=O)NC2CCCC2)c(F)cc1Br. The predicted octanol–water partition coefficient (Wildman–Crippen LogP) is 4.48. The van der Waals surface area contributed by atoms with E-state index in [1.54, 1.807) is 0 Å². The number of benzene rings is 2. The fourth-order valence-electron chi connectivity index (χ4n) is 3.06. The first-order valence-electron chi connectivity index (χ1n) is 8.56. The maximum absolute atomic E-state index is 14.3. The second-order valence-electron chi connectivity index (χ2n) is 6.57. The van der Waals surface area contributed by atoms with Gasteiger partial charge in [-0.3, -0.25) is 4.79 Å². The van der Waals surface area contributed by atoms with Crippen LogP contribution in [0.1, 0.15) is 36.0 Å². The monoisotopic (exact) mass is 494 g/mol. The molecule has 5 nitrogen and oxygen atoms in total. The zero-order valence-electron chi connectivity index (χ0n) is 14.7. The van der Waals surface area contributed by atoms with E-state index in [9.17, 15) is 30.8 Å². The number of halogens is 5. The van der Waals surface area contributed by atoms with Crippen LogP contribution < -0.4 is 10.0 Å². The van der Waals surface area contributed by atoms with Crippen molar-refractivity contribution < 1.29 is 30.8 Å². The van der Waals surface area contributed by atoms with Crippen LogP contribution >= 0.6 is 15.9 Å². The van der Waals surface area contributed by atoms with Gasteiger partial charge in [-0.25, -0.2) is 30.7 Å². The molecule has 11 heteroatoms. The highest BCUT2D eigenvalue weighted by atomic mass is 79.9. The van der Waals surface area contributed by atoms with E-state index in [4.69, 9.17) is 0 Å². The van der Waals surface area contributed by atoms with Gasteiger partial charge in [0.15, 0.2) is 17.5 Å². The van der Waals surface area contributed by atoms with E-state index in [-0.39, 0.29) is 16.1 Å². The summed E-state index contributed by atoms with van der Waals surface area (Å²) in [6, 6.07) is 2.44. The number of nitrogens with one attached hydrogen (secondary N) is 2. The highest BCUT2D eigenvalue weighted by Gasteiger charge is 2.27. The van der Waals surface area contributed by atoms with Crippen molar-refractivity contribution in [2.45, 2.75) is 36.6 Å². The van der Waals surface area contributed by atoms with Crippen LogP contribution in [0.5, 0.6) is 0 Å². The fraction of sp³-hybridized carbons (Fsp3) is 0.278. The molecule has 2 aromatic rings. The van der Waals surface area contributed by atoms with Crippen molar-refractivity contribution in [1.29, 1.82) is 0 Å². The van der Waals surface area contributed by atoms with E-state index in [0.29, 0.717) is 25.0 Å². The van der Waals surface area contributed by atoms with Crippen molar-refractivity contribution in [2.75, 3.05) is 5.32 Å². The van der Waals surface area contributed by atoms with Gasteiger partial charge in [0, 0.05) is 28.3 Å². The van der Waals surface area contributed by atoms with Gasteiger partial charge in [-0.2, -0.15) is 0 Å². The summed E-state index contributed by atoms with van der Waals surface area (Å²) in [4.78, 5) is 11.7. The van der Waals surface area contributed by atoms with Gasteiger partial charge in [0.1, 0.15) is 10.7 Å². The number of hydrogen-bond acceptors (Lipinski definition) is 3. The summed E-state index contributed by atoms with van der Waals surface area (Å²) < 4.78 is 81.4. The Bertz CT molecular complexity index is 1050. The topological polar surface area (TPSA) is 75.3 Å². The second-order valence-corrected chi connectivity index (χ2v) is 9.11. The van der Waals surface area contributed by atoms with Crippen molar-refractivity contribution >= 4 is 37.5 Å². The van der Waals surface area contributed by atoms with E-state index in [0.717, 1.165) is 25.0 Å². The Morgan fingerprint density at radius 2 is 1.55 bits per heavy atom. The van der Waals surface area contributed by atoms with Crippen molar-refractivity contribution in [3.8, 4) is 0 Å². The molecule has 0 radical (unpaired) electrons. The van der Waals surface area contributed by atoms with Gasteiger partial charge >= 0.3 is 0 Å². The molecule has 2 N–H and O–H groups in total. The number of carbonyl (C=O) groups is 1. The van der Waals surface area contributed by atoms with Gasteiger partial charge < -0.3 is 5.32 Å². The number of amides is 1. The van der Waals surface area contributed by atoms with E-state index in [2.05, 4.69) is 26.0 Å². The number of rotatable bonds is 5. The number of anilines is 1. The lowest BCUT2D eigenvalue weighted by Gasteiger charge is -2.15. The molecule has 0 aromatic heterocycles. The van der Waals surface area contributed by atoms with Crippen LogP contribution in [0.25, 0.3) is 0 Å². The molecule has 3 rings (SSSR count). The lowest BCUT2D eigenvalue weighted by molar-refractivity contribution is 0.102. The third-order valence-corrected chi connectivity index (χ3v) is 6.67. The minimum Gasteiger partial charge on any atom is -0.322 e. The maximum atomic E-state index is 14.3. The molecule has 1 aliphatic carbocycles. The zero-order valence-corrected chi connectivity index (χ0v) is 17.1. The van der Waals surface area contributed by atoms with Crippen molar-refractivity contribution in [3.63, 3.8) is 0 Å². The molecule has 1 amide bonds. The molecule has 0 atom stereocenters. The smallest absolute Gasteiger partial charge is 0.256 e. The van der Waals surface area contributed by atoms with Crippen LogP contribution in [0.15, 0.2) is 33.6 Å². The highest BCUT2D eigenvalue weighted by Crippen LogP contribution is 2.27. The molecule has 0 aliphatic heterocycles. The largest absolute Gasteiger partial charge is 0.322 e. The summed E-state index contributed by atoms with van der Waals surface area (Å²) in [5, 5.41) is 2.13. The minimum absolute atomic E-state index is 0.0737. The minimum atomic E-state index is -4.23. The molecule has 0 heterocycles. The third-order valence-electron chi connectivity index (χ3n) is 4.47. The molecule has 1 saturated carbocycles. The van der Waals surface area contributed by atoms with Crippen molar-refractivity contribution in [1.82, 2.24) is 4.72 Å². The average Bonchev–Trinajstić information content (AvgIpc) is 3.11. The second kappa shape index (κ2) is 8.41. The molecule has 0 saturated heterocycles. The summed E-state index contributed by atoms with van der Waals surface area (Å²) in [6.45, 7) is 0. The highest BCUT2D eigenvalue weighted by molar-refractivity contribution is 9.10. The number of carbonyl (C=O) groups excluding carboxylic acids is 1. The molecule has 0 bridgehead atoms. The molecular formula is C18H15BrF4N2O3S. The summed E-state index contributed by atoms with van der Waals surface area (Å²) in [5.74, 6) is -6.76. The first-order valence-corrected chi connectivity index (χ1v) is 10.8. The summed E-state index contributed by atoms with van der Waals surface area (Å²) in [5.41, 5.74) is -0.681. The van der Waals surface area contributed by atoms with Crippen LogP contribution in [-0.2, 0) is 10.0 Å². The Morgan fingerprint density at radius 3 is 2.14 bits per heavy atom. The first kappa shape index (κ1) is 21.7. The predicted molar refractivity (Wildman–Crippen MR) is 101 cm³/mol. The van der Waals surface area contributed by atoms with Crippen LogP contribution in [0.2, 0.25) is 0 Å². The molecule has 1 fully saturated rings. The van der Waals surface area contributed by atoms with Crippen LogP contribution in [0.3, 0.4) is 0 Å². The van der Waals surface area contributed by atoms with Gasteiger partial charge in [0.2, 0.25) is 10.0 Å². The Labute approximate surface area is 172 Å². The quantitative estimate of drug-likeness (QED) is 0.475. The van der Waals surface area contributed by atoms with Crippen molar-refractivity contribution in [2.24, 2.45) is 0 Å². The van der Waals surface area contributed by atoms with Crippen LogP contribution in [0.4, 0.5) is 23.2 Å². The molecule has 156 valence electrons.